The third-order valence-electron chi connectivity index (χ3n) is 3.71. The van der Waals surface area contributed by atoms with Crippen molar-refractivity contribution in [2.45, 2.75) is 25.9 Å². The minimum absolute atomic E-state index is 0.126. The molecule has 1 saturated heterocycles. The first-order chi connectivity index (χ1) is 10.4. The van der Waals surface area contributed by atoms with E-state index in [9.17, 15) is 9.59 Å². The molecule has 7 heteroatoms. The standard InChI is InChI=1S/C15H18Cl2N2O3/c1-9(22-13-7-11(16)6-12(17)8-13)15(21)19-4-2-10(3-5-19)14(18)20/h6-10H,2-5H2,1H3,(H2,18,20)/t9-/m1/s1. The van der Waals surface area contributed by atoms with E-state index in [4.69, 9.17) is 33.7 Å². The zero-order valence-corrected chi connectivity index (χ0v) is 13.7. The van der Waals surface area contributed by atoms with Crippen molar-refractivity contribution < 1.29 is 14.3 Å². The molecule has 2 rings (SSSR count). The van der Waals surface area contributed by atoms with Gasteiger partial charge in [-0.15, -0.1) is 0 Å². The smallest absolute Gasteiger partial charge is 0.263 e. The van der Waals surface area contributed by atoms with Gasteiger partial charge in [-0.25, -0.2) is 0 Å². The van der Waals surface area contributed by atoms with Crippen molar-refractivity contribution in [3.63, 3.8) is 0 Å². The summed E-state index contributed by atoms with van der Waals surface area (Å²) < 4.78 is 5.61. The fraction of sp³-hybridized carbons (Fsp3) is 0.467. The topological polar surface area (TPSA) is 72.6 Å². The summed E-state index contributed by atoms with van der Waals surface area (Å²) in [6.07, 6.45) is 0.535. The van der Waals surface area contributed by atoms with Crippen molar-refractivity contribution in [2.24, 2.45) is 11.7 Å². The Hall–Kier alpha value is -1.46. The Kier molecular flexibility index (Phi) is 5.53. The average molecular weight is 345 g/mol. The van der Waals surface area contributed by atoms with Crippen molar-refractivity contribution in [3.05, 3.63) is 28.2 Å². The summed E-state index contributed by atoms with van der Waals surface area (Å²) in [6.45, 7) is 2.70. The van der Waals surface area contributed by atoms with E-state index in [1.165, 1.54) is 0 Å². The van der Waals surface area contributed by atoms with Gasteiger partial charge in [0.1, 0.15) is 5.75 Å². The van der Waals surface area contributed by atoms with Crippen LogP contribution < -0.4 is 10.5 Å². The van der Waals surface area contributed by atoms with Crippen LogP contribution in [0.4, 0.5) is 0 Å². The first kappa shape index (κ1) is 16.9. The van der Waals surface area contributed by atoms with E-state index < -0.39 is 6.10 Å². The number of carbonyl (C=O) groups is 2. The Balaban J connectivity index is 1.94. The van der Waals surface area contributed by atoms with Gasteiger partial charge in [0.15, 0.2) is 6.10 Å². The number of piperidine rings is 1. The molecular weight excluding hydrogens is 327 g/mol. The minimum atomic E-state index is -0.653. The molecule has 0 aliphatic carbocycles. The van der Waals surface area contributed by atoms with Crippen LogP contribution in [0.25, 0.3) is 0 Å². The summed E-state index contributed by atoms with van der Waals surface area (Å²) >= 11 is 11.8. The molecule has 0 spiro atoms. The van der Waals surface area contributed by atoms with E-state index in [1.54, 1.807) is 30.0 Å². The number of hydrogen-bond donors (Lipinski definition) is 1. The molecule has 1 atom stereocenters. The van der Waals surface area contributed by atoms with Gasteiger partial charge in [-0.05, 0) is 38.0 Å². The largest absolute Gasteiger partial charge is 0.481 e. The Morgan fingerprint density at radius 1 is 1.23 bits per heavy atom. The number of likely N-dealkylation sites (tertiary alicyclic amines) is 1. The number of amides is 2. The Morgan fingerprint density at radius 2 is 1.77 bits per heavy atom. The fourth-order valence-corrected chi connectivity index (χ4v) is 3.00. The zero-order chi connectivity index (χ0) is 16.3. The van der Waals surface area contributed by atoms with Gasteiger partial charge in [0.25, 0.3) is 5.91 Å². The molecule has 2 amide bonds. The number of carbonyl (C=O) groups excluding carboxylic acids is 2. The highest BCUT2D eigenvalue weighted by molar-refractivity contribution is 6.34. The number of primary amides is 1. The Morgan fingerprint density at radius 3 is 2.27 bits per heavy atom. The Labute approximate surface area is 139 Å². The summed E-state index contributed by atoms with van der Waals surface area (Å²) in [5.41, 5.74) is 5.29. The molecule has 22 heavy (non-hydrogen) atoms. The molecule has 120 valence electrons. The van der Waals surface area contributed by atoms with Crippen molar-refractivity contribution in [1.82, 2.24) is 4.90 Å². The quantitative estimate of drug-likeness (QED) is 0.911. The molecule has 1 heterocycles. The maximum Gasteiger partial charge on any atom is 0.263 e. The predicted octanol–water partition coefficient (Wildman–Crippen LogP) is 2.48. The van der Waals surface area contributed by atoms with Crippen LogP contribution in [0.15, 0.2) is 18.2 Å². The summed E-state index contributed by atoms with van der Waals surface area (Å²) in [4.78, 5) is 25.2. The number of benzene rings is 1. The summed E-state index contributed by atoms with van der Waals surface area (Å²) in [5.74, 6) is -0.124. The van der Waals surface area contributed by atoms with Gasteiger partial charge < -0.3 is 15.4 Å². The van der Waals surface area contributed by atoms with Crippen molar-refractivity contribution in [3.8, 4) is 5.75 Å². The van der Waals surface area contributed by atoms with E-state index in [2.05, 4.69) is 0 Å². The van der Waals surface area contributed by atoms with E-state index in [-0.39, 0.29) is 17.7 Å². The molecule has 0 bridgehead atoms. The third kappa shape index (κ3) is 4.27. The minimum Gasteiger partial charge on any atom is -0.481 e. The van der Waals surface area contributed by atoms with Crippen LogP contribution in [0, 0.1) is 5.92 Å². The van der Waals surface area contributed by atoms with E-state index in [1.807, 2.05) is 0 Å². The van der Waals surface area contributed by atoms with Gasteiger partial charge in [-0.2, -0.15) is 0 Å². The van der Waals surface area contributed by atoms with Gasteiger partial charge in [0.2, 0.25) is 5.91 Å². The maximum absolute atomic E-state index is 12.4. The van der Waals surface area contributed by atoms with Crippen LogP contribution in [0.2, 0.25) is 10.0 Å². The highest BCUT2D eigenvalue weighted by Crippen LogP contribution is 2.25. The van der Waals surface area contributed by atoms with Crippen LogP contribution in [0.3, 0.4) is 0 Å². The number of halogens is 2. The molecule has 1 aliphatic heterocycles. The fourth-order valence-electron chi connectivity index (χ4n) is 2.49. The Bertz CT molecular complexity index is 552. The third-order valence-corrected chi connectivity index (χ3v) is 4.14. The lowest BCUT2D eigenvalue weighted by molar-refractivity contribution is -0.140. The van der Waals surface area contributed by atoms with Crippen molar-refractivity contribution >= 4 is 35.0 Å². The number of nitrogens with two attached hydrogens (primary N) is 1. The molecule has 0 radical (unpaired) electrons. The van der Waals surface area contributed by atoms with Crippen LogP contribution >= 0.6 is 23.2 Å². The predicted molar refractivity (Wildman–Crippen MR) is 85.1 cm³/mol. The second-order valence-corrected chi connectivity index (χ2v) is 6.24. The van der Waals surface area contributed by atoms with Crippen molar-refractivity contribution in [1.29, 1.82) is 0 Å². The monoisotopic (exact) mass is 344 g/mol. The molecule has 2 N–H and O–H groups in total. The van der Waals surface area contributed by atoms with Gasteiger partial charge in [0, 0.05) is 29.1 Å². The first-order valence-electron chi connectivity index (χ1n) is 7.07. The highest BCUT2D eigenvalue weighted by Gasteiger charge is 2.29. The molecule has 1 aliphatic rings. The molecular formula is C15H18Cl2N2O3. The lowest BCUT2D eigenvalue weighted by Gasteiger charge is -2.32. The zero-order valence-electron chi connectivity index (χ0n) is 12.2. The lowest BCUT2D eigenvalue weighted by Crippen LogP contribution is -2.46. The second-order valence-electron chi connectivity index (χ2n) is 5.37. The molecule has 0 saturated carbocycles. The van der Waals surface area contributed by atoms with Crippen LogP contribution in [-0.4, -0.2) is 35.9 Å². The molecule has 0 unspecified atom stereocenters. The first-order valence-corrected chi connectivity index (χ1v) is 7.83. The van der Waals surface area contributed by atoms with Gasteiger partial charge in [-0.3, -0.25) is 9.59 Å². The van der Waals surface area contributed by atoms with Gasteiger partial charge in [-0.1, -0.05) is 23.2 Å². The maximum atomic E-state index is 12.4. The summed E-state index contributed by atoms with van der Waals surface area (Å²) in [7, 11) is 0. The van der Waals surface area contributed by atoms with E-state index in [0.29, 0.717) is 41.7 Å². The van der Waals surface area contributed by atoms with Crippen LogP contribution in [-0.2, 0) is 9.59 Å². The number of nitrogens with zero attached hydrogens (tertiary/aromatic N) is 1. The molecule has 1 fully saturated rings. The summed E-state index contributed by atoms with van der Waals surface area (Å²) in [5, 5.41) is 0.897. The van der Waals surface area contributed by atoms with Crippen molar-refractivity contribution in [2.75, 3.05) is 13.1 Å². The van der Waals surface area contributed by atoms with Crippen LogP contribution in [0.1, 0.15) is 19.8 Å². The molecule has 1 aromatic rings. The number of ether oxygens (including phenoxy) is 1. The SMILES string of the molecule is C[C@@H](Oc1cc(Cl)cc(Cl)c1)C(=O)N1CCC(C(N)=O)CC1. The molecule has 0 aromatic heterocycles. The lowest BCUT2D eigenvalue weighted by atomic mass is 9.96. The number of hydrogen-bond acceptors (Lipinski definition) is 3. The van der Waals surface area contributed by atoms with E-state index in [0.717, 1.165) is 0 Å². The van der Waals surface area contributed by atoms with Gasteiger partial charge >= 0.3 is 0 Å². The highest BCUT2D eigenvalue weighted by atomic mass is 35.5. The number of rotatable bonds is 4. The van der Waals surface area contributed by atoms with E-state index >= 15 is 0 Å². The van der Waals surface area contributed by atoms with Crippen LogP contribution in [0.5, 0.6) is 5.75 Å². The molecule has 5 nitrogen and oxygen atoms in total. The normalized spacial score (nSPS) is 17.1. The molecule has 1 aromatic carbocycles. The second kappa shape index (κ2) is 7.20. The summed E-state index contributed by atoms with van der Waals surface area (Å²) in [6, 6.07) is 4.81. The van der Waals surface area contributed by atoms with Gasteiger partial charge in [0.05, 0.1) is 0 Å². The average Bonchev–Trinajstić information content (AvgIpc) is 2.45.